The number of sulfonamides is 1. The van der Waals surface area contributed by atoms with Gasteiger partial charge in [-0.25, -0.2) is 21.6 Å². The van der Waals surface area contributed by atoms with Gasteiger partial charge in [0.2, 0.25) is 10.0 Å². The van der Waals surface area contributed by atoms with E-state index in [1.54, 1.807) is 0 Å². The van der Waals surface area contributed by atoms with E-state index in [1.807, 2.05) is 0 Å². The molecule has 2 unspecified atom stereocenters. The molecule has 2 atom stereocenters. The maximum Gasteiger partial charge on any atom is 0.214 e. The van der Waals surface area contributed by atoms with E-state index in [2.05, 4.69) is 4.72 Å². The van der Waals surface area contributed by atoms with Crippen molar-refractivity contribution < 1.29 is 21.9 Å². The summed E-state index contributed by atoms with van der Waals surface area (Å²) in [7, 11) is -6.62. The molecule has 2 aliphatic rings. The van der Waals surface area contributed by atoms with Gasteiger partial charge in [-0.2, -0.15) is 0 Å². The van der Waals surface area contributed by atoms with Crippen LogP contribution in [-0.2, 0) is 19.9 Å². The summed E-state index contributed by atoms with van der Waals surface area (Å²) in [6.07, 6.45) is 3.76. The number of hydrogen-bond donors (Lipinski definition) is 2. The third kappa shape index (κ3) is 4.16. The Morgan fingerprint density at radius 2 is 1.55 bits per heavy atom. The summed E-state index contributed by atoms with van der Waals surface area (Å²) in [5.41, 5.74) is 0. The lowest BCUT2D eigenvalue weighted by molar-refractivity contribution is 0.130. The molecule has 0 amide bonds. The van der Waals surface area contributed by atoms with E-state index in [-0.39, 0.29) is 24.3 Å². The molecule has 118 valence electrons. The van der Waals surface area contributed by atoms with Gasteiger partial charge in [-0.15, -0.1) is 0 Å². The highest BCUT2D eigenvalue weighted by Gasteiger charge is 2.35. The van der Waals surface area contributed by atoms with Gasteiger partial charge in [0.25, 0.3) is 0 Å². The molecule has 1 saturated carbocycles. The largest absolute Gasteiger partial charge is 0.391 e. The second-order valence-corrected chi connectivity index (χ2v) is 10.1. The summed E-state index contributed by atoms with van der Waals surface area (Å²) in [6, 6.07) is -0.430. The SMILES string of the molecule is O=S1(=O)CCC(S(=O)(=O)NC2CCCCCC2O)CC1. The van der Waals surface area contributed by atoms with Gasteiger partial charge in [-0.05, 0) is 25.7 Å². The average Bonchev–Trinajstić information content (AvgIpc) is 2.54. The van der Waals surface area contributed by atoms with Crippen LogP contribution in [0, 0.1) is 0 Å². The molecular weight excluding hydrogens is 302 g/mol. The normalized spacial score (nSPS) is 32.6. The van der Waals surface area contributed by atoms with Gasteiger partial charge >= 0.3 is 0 Å². The summed E-state index contributed by atoms with van der Waals surface area (Å²) < 4.78 is 49.9. The van der Waals surface area contributed by atoms with Crippen molar-refractivity contribution in [2.75, 3.05) is 11.5 Å². The lowest BCUT2D eigenvalue weighted by Crippen LogP contribution is -2.48. The number of aliphatic hydroxyl groups is 1. The number of sulfone groups is 1. The van der Waals surface area contributed by atoms with Crippen molar-refractivity contribution in [3.8, 4) is 0 Å². The van der Waals surface area contributed by atoms with Crippen LogP contribution in [0.4, 0.5) is 0 Å². The molecule has 2 rings (SSSR count). The van der Waals surface area contributed by atoms with E-state index in [9.17, 15) is 21.9 Å². The molecule has 2 N–H and O–H groups in total. The van der Waals surface area contributed by atoms with Crippen LogP contribution in [-0.4, -0.2) is 50.8 Å². The minimum Gasteiger partial charge on any atom is -0.391 e. The molecule has 0 spiro atoms. The predicted octanol–water partition coefficient (Wildman–Crippen LogP) is 0.177. The third-order valence-corrected chi connectivity index (χ3v) is 7.93. The zero-order valence-corrected chi connectivity index (χ0v) is 13.1. The summed E-state index contributed by atoms with van der Waals surface area (Å²) in [5.74, 6) is -0.127. The zero-order valence-electron chi connectivity index (χ0n) is 11.5. The standard InChI is InChI=1S/C12H23NO5S2/c14-12-5-3-1-2-4-11(12)13-20(17,18)10-6-8-19(15,16)9-7-10/h10-14H,1-9H2. The Balaban J connectivity index is 2.00. The molecule has 1 aliphatic carbocycles. The molecule has 0 radical (unpaired) electrons. The molecule has 1 aliphatic heterocycles. The lowest BCUT2D eigenvalue weighted by Gasteiger charge is -2.27. The van der Waals surface area contributed by atoms with Crippen molar-refractivity contribution in [1.29, 1.82) is 0 Å². The van der Waals surface area contributed by atoms with Crippen LogP contribution in [0.1, 0.15) is 44.9 Å². The molecule has 8 heteroatoms. The van der Waals surface area contributed by atoms with Crippen LogP contribution in [0.5, 0.6) is 0 Å². The van der Waals surface area contributed by atoms with Crippen molar-refractivity contribution in [3.05, 3.63) is 0 Å². The third-order valence-electron chi connectivity index (χ3n) is 4.24. The molecule has 0 aromatic heterocycles. The van der Waals surface area contributed by atoms with Crippen LogP contribution >= 0.6 is 0 Å². The predicted molar refractivity (Wildman–Crippen MR) is 76.6 cm³/mol. The molecule has 1 heterocycles. The highest BCUT2D eigenvalue weighted by molar-refractivity contribution is 7.92. The number of aliphatic hydroxyl groups excluding tert-OH is 1. The molecular formula is C12H23NO5S2. The first-order valence-corrected chi connectivity index (χ1v) is 10.6. The van der Waals surface area contributed by atoms with Crippen molar-refractivity contribution in [2.45, 2.75) is 62.3 Å². The van der Waals surface area contributed by atoms with Crippen molar-refractivity contribution in [3.63, 3.8) is 0 Å². The maximum atomic E-state index is 12.3. The molecule has 1 saturated heterocycles. The van der Waals surface area contributed by atoms with Crippen molar-refractivity contribution in [1.82, 2.24) is 4.72 Å². The smallest absolute Gasteiger partial charge is 0.214 e. The van der Waals surface area contributed by atoms with E-state index < -0.39 is 37.3 Å². The summed E-state index contributed by atoms with van der Waals surface area (Å²) in [5, 5.41) is 9.32. The molecule has 0 aromatic rings. The second kappa shape index (κ2) is 6.29. The van der Waals surface area contributed by atoms with Gasteiger partial charge in [-0.1, -0.05) is 19.3 Å². The fourth-order valence-electron chi connectivity index (χ4n) is 2.91. The van der Waals surface area contributed by atoms with Crippen LogP contribution < -0.4 is 4.72 Å². The van der Waals surface area contributed by atoms with Crippen LogP contribution in [0.2, 0.25) is 0 Å². The summed E-state index contributed by atoms with van der Waals surface area (Å²) >= 11 is 0. The quantitative estimate of drug-likeness (QED) is 0.721. The Kier molecular flexibility index (Phi) is 5.09. The Morgan fingerprint density at radius 1 is 0.950 bits per heavy atom. The number of rotatable bonds is 3. The van der Waals surface area contributed by atoms with Gasteiger partial charge < -0.3 is 5.11 Å². The Bertz CT molecular complexity index is 514. The maximum absolute atomic E-state index is 12.3. The summed E-state index contributed by atoms with van der Waals surface area (Å²) in [4.78, 5) is 0. The van der Waals surface area contributed by atoms with E-state index in [0.717, 1.165) is 19.3 Å². The Labute approximate surface area is 120 Å². The first kappa shape index (κ1) is 16.2. The first-order chi connectivity index (χ1) is 9.30. The topological polar surface area (TPSA) is 101 Å². The molecule has 0 bridgehead atoms. The monoisotopic (exact) mass is 325 g/mol. The first-order valence-electron chi connectivity index (χ1n) is 7.20. The fourth-order valence-corrected chi connectivity index (χ4v) is 6.45. The van der Waals surface area contributed by atoms with Gasteiger partial charge in [0.05, 0.1) is 22.9 Å². The van der Waals surface area contributed by atoms with E-state index in [1.165, 1.54) is 0 Å². The highest BCUT2D eigenvalue weighted by atomic mass is 32.2. The highest BCUT2D eigenvalue weighted by Crippen LogP contribution is 2.22. The fraction of sp³-hybridized carbons (Fsp3) is 1.00. The minimum absolute atomic E-state index is 0.0637. The van der Waals surface area contributed by atoms with E-state index in [0.29, 0.717) is 12.8 Å². The van der Waals surface area contributed by atoms with E-state index >= 15 is 0 Å². The zero-order chi connectivity index (χ0) is 14.8. The van der Waals surface area contributed by atoms with Crippen LogP contribution in [0.15, 0.2) is 0 Å². The Morgan fingerprint density at radius 3 is 2.20 bits per heavy atom. The van der Waals surface area contributed by atoms with E-state index in [4.69, 9.17) is 0 Å². The second-order valence-electron chi connectivity index (χ2n) is 5.83. The van der Waals surface area contributed by atoms with Crippen LogP contribution in [0.3, 0.4) is 0 Å². The van der Waals surface area contributed by atoms with Crippen molar-refractivity contribution in [2.24, 2.45) is 0 Å². The number of nitrogens with one attached hydrogen (secondary N) is 1. The van der Waals surface area contributed by atoms with Gasteiger partial charge in [0, 0.05) is 6.04 Å². The molecule has 20 heavy (non-hydrogen) atoms. The molecule has 2 fully saturated rings. The average molecular weight is 325 g/mol. The van der Waals surface area contributed by atoms with Gasteiger partial charge in [0.15, 0.2) is 0 Å². The summed E-state index contributed by atoms with van der Waals surface area (Å²) in [6.45, 7) is 0. The van der Waals surface area contributed by atoms with Gasteiger partial charge in [0.1, 0.15) is 9.84 Å². The number of hydrogen-bond acceptors (Lipinski definition) is 5. The molecule has 0 aromatic carbocycles. The minimum atomic E-state index is -3.56. The van der Waals surface area contributed by atoms with Crippen molar-refractivity contribution >= 4 is 19.9 Å². The molecule has 6 nitrogen and oxygen atoms in total. The van der Waals surface area contributed by atoms with Crippen LogP contribution in [0.25, 0.3) is 0 Å². The van der Waals surface area contributed by atoms with Gasteiger partial charge in [-0.3, -0.25) is 0 Å². The Hall–Kier alpha value is -0.180. The lowest BCUT2D eigenvalue weighted by atomic mass is 10.1.